The monoisotopic (exact) mass is 542 g/mol. The molecule has 0 bridgehead atoms. The van der Waals surface area contributed by atoms with E-state index in [1.165, 1.54) is 0 Å². The molecule has 0 amide bonds. The Labute approximate surface area is 232 Å². The molecule has 7 aliphatic rings. The first-order valence-electron chi connectivity index (χ1n) is 15.5. The Hall–Kier alpha value is -1.28. The molecule has 4 saturated carbocycles. The molecule has 3 aliphatic heterocycles. The zero-order valence-electron chi connectivity index (χ0n) is 24.5. The molecule has 7 nitrogen and oxygen atoms in total. The van der Waals surface area contributed by atoms with Crippen LogP contribution in [0, 0.1) is 34.5 Å². The lowest BCUT2D eigenvalue weighted by molar-refractivity contribution is -0.190. The van der Waals surface area contributed by atoms with Gasteiger partial charge < -0.3 is 24.1 Å². The number of epoxide rings is 2. The summed E-state index contributed by atoms with van der Waals surface area (Å²) in [5, 5.41) is 11.6. The van der Waals surface area contributed by atoms with Crippen molar-refractivity contribution in [3.63, 3.8) is 0 Å². The first-order valence-corrected chi connectivity index (χ1v) is 15.5. The zero-order valence-corrected chi connectivity index (χ0v) is 24.5. The van der Waals surface area contributed by atoms with Crippen LogP contribution in [0.3, 0.4) is 0 Å². The van der Waals surface area contributed by atoms with E-state index in [0.29, 0.717) is 18.4 Å². The van der Waals surface area contributed by atoms with Gasteiger partial charge in [0.25, 0.3) is 0 Å². The molecule has 39 heavy (non-hydrogen) atoms. The van der Waals surface area contributed by atoms with E-state index in [0.717, 1.165) is 56.1 Å². The van der Waals surface area contributed by atoms with E-state index in [4.69, 9.17) is 18.9 Å². The minimum atomic E-state index is -0.796. The highest BCUT2D eigenvalue weighted by Crippen LogP contribution is 2.78. The van der Waals surface area contributed by atoms with E-state index in [-0.39, 0.29) is 59.3 Å². The Morgan fingerprint density at radius 1 is 1.08 bits per heavy atom. The van der Waals surface area contributed by atoms with E-state index in [1.807, 2.05) is 13.8 Å². The van der Waals surface area contributed by atoms with Gasteiger partial charge in [0, 0.05) is 36.4 Å². The zero-order chi connectivity index (χ0) is 27.7. The summed E-state index contributed by atoms with van der Waals surface area (Å²) in [5.74, 6) is 1.11. The molecular formula is C32H46O7. The van der Waals surface area contributed by atoms with E-state index >= 15 is 0 Å². The second kappa shape index (κ2) is 8.39. The number of fused-ring (bicyclic) bond motifs is 6. The number of unbranched alkanes of at least 4 members (excludes halogenated alkanes) is 1. The van der Waals surface area contributed by atoms with Gasteiger partial charge in [-0.05, 0) is 70.6 Å². The number of carbonyl (C=O) groups is 2. The number of cyclic esters (lactones) is 1. The van der Waals surface area contributed by atoms with Crippen LogP contribution in [-0.2, 0) is 28.5 Å². The van der Waals surface area contributed by atoms with Crippen LogP contribution in [0.15, 0.2) is 11.1 Å². The second-order valence-electron chi connectivity index (χ2n) is 14.5. The van der Waals surface area contributed by atoms with Gasteiger partial charge in [-0.2, -0.15) is 0 Å². The molecule has 7 rings (SSSR count). The van der Waals surface area contributed by atoms with Crippen molar-refractivity contribution < 1.29 is 33.6 Å². The molecule has 0 unspecified atom stereocenters. The highest BCUT2D eigenvalue weighted by molar-refractivity contribution is 5.90. The topological polar surface area (TPSA) is 97.9 Å². The predicted molar refractivity (Wildman–Crippen MR) is 143 cm³/mol. The summed E-state index contributed by atoms with van der Waals surface area (Å²) in [6, 6.07) is 0. The number of hydrogen-bond acceptors (Lipinski definition) is 7. The SMILES string of the molecule is CCCCO[C@H]1CC(=O)[C@]2(C)[C@H]3CC[C@@]4(C)[C@@H](C[C@H]5O[C@]54[C@H](C)[C@H]4CC(C)=C(C)C(=O)O4)[C@@H]3C[C@H]3O[C@]32[C@H]1O. The highest BCUT2D eigenvalue weighted by Gasteiger charge is 2.85. The van der Waals surface area contributed by atoms with Gasteiger partial charge in [0.05, 0.1) is 23.7 Å². The van der Waals surface area contributed by atoms with E-state index in [9.17, 15) is 14.7 Å². The summed E-state index contributed by atoms with van der Waals surface area (Å²) in [6.07, 6.45) is 5.47. The number of ketones is 1. The number of aliphatic hydroxyl groups excluding tert-OH is 1. The number of ether oxygens (including phenoxy) is 4. The van der Waals surface area contributed by atoms with Crippen LogP contribution in [-0.4, -0.2) is 65.2 Å². The van der Waals surface area contributed by atoms with E-state index < -0.39 is 23.2 Å². The van der Waals surface area contributed by atoms with Gasteiger partial charge >= 0.3 is 5.97 Å². The van der Waals surface area contributed by atoms with Crippen molar-refractivity contribution in [3.8, 4) is 0 Å². The first kappa shape index (κ1) is 26.6. The minimum Gasteiger partial charge on any atom is -0.458 e. The van der Waals surface area contributed by atoms with Crippen molar-refractivity contribution >= 4 is 11.8 Å². The maximum Gasteiger partial charge on any atom is 0.333 e. The van der Waals surface area contributed by atoms with Gasteiger partial charge in [0.15, 0.2) is 0 Å². The van der Waals surface area contributed by atoms with Crippen molar-refractivity contribution in [2.75, 3.05) is 6.61 Å². The lowest BCUT2D eigenvalue weighted by atomic mass is 9.43. The standard InChI is InChI=1S/C32H46O7/c1-7-8-11-36-23-15-24(33)30(6)20-9-10-29(5)21(19(20)13-25-32(30,39-25)27(23)34)14-26-31(29,38-26)18(4)22-12-16(2)17(3)28(35)37-22/h18-23,25-27,34H,7-15H2,1-6H3/t18-,19-,20+,21+,22-,23+,25-,26-,27+,29+,30+,31-,32+/m1/s1. The molecule has 2 saturated heterocycles. The van der Waals surface area contributed by atoms with Crippen molar-refractivity contribution in [2.24, 2.45) is 34.5 Å². The first-order chi connectivity index (χ1) is 18.5. The van der Waals surface area contributed by atoms with E-state index in [1.54, 1.807) is 0 Å². The molecule has 7 heteroatoms. The fourth-order valence-corrected chi connectivity index (χ4v) is 10.8. The molecule has 0 aromatic rings. The molecule has 0 radical (unpaired) electrons. The summed E-state index contributed by atoms with van der Waals surface area (Å²) >= 11 is 0. The smallest absolute Gasteiger partial charge is 0.333 e. The van der Waals surface area contributed by atoms with Crippen LogP contribution < -0.4 is 0 Å². The molecule has 0 aromatic carbocycles. The Morgan fingerprint density at radius 3 is 2.56 bits per heavy atom. The van der Waals surface area contributed by atoms with Crippen molar-refractivity contribution in [2.45, 2.75) is 135 Å². The van der Waals surface area contributed by atoms with Crippen molar-refractivity contribution in [1.82, 2.24) is 0 Å². The van der Waals surface area contributed by atoms with Crippen LogP contribution >= 0.6 is 0 Å². The molecule has 6 fully saturated rings. The summed E-state index contributed by atoms with van der Waals surface area (Å²) in [5.41, 5.74) is 0.0520. The lowest BCUT2D eigenvalue weighted by Crippen LogP contribution is -2.68. The minimum absolute atomic E-state index is 0.0395. The average Bonchev–Trinajstić information content (AvgIpc) is 3.80. The Bertz CT molecular complexity index is 1130. The van der Waals surface area contributed by atoms with Gasteiger partial charge in [-0.1, -0.05) is 32.8 Å². The van der Waals surface area contributed by atoms with Gasteiger partial charge in [-0.25, -0.2) is 4.79 Å². The molecule has 3 heterocycles. The number of hydrogen-bond donors (Lipinski definition) is 1. The normalized spacial score (nSPS) is 54.1. The van der Waals surface area contributed by atoms with Gasteiger partial charge in [0.2, 0.25) is 0 Å². The summed E-state index contributed by atoms with van der Waals surface area (Å²) in [6.45, 7) is 13.3. The van der Waals surface area contributed by atoms with Gasteiger partial charge in [-0.3, -0.25) is 4.79 Å². The Morgan fingerprint density at radius 2 is 1.85 bits per heavy atom. The van der Waals surface area contributed by atoms with Gasteiger partial charge in [-0.15, -0.1) is 0 Å². The Kier molecular flexibility index (Phi) is 5.73. The van der Waals surface area contributed by atoms with Gasteiger partial charge in [0.1, 0.15) is 29.2 Å². The van der Waals surface area contributed by atoms with Crippen LogP contribution in [0.5, 0.6) is 0 Å². The molecule has 216 valence electrons. The highest BCUT2D eigenvalue weighted by atomic mass is 16.6. The van der Waals surface area contributed by atoms with Crippen molar-refractivity contribution in [3.05, 3.63) is 11.1 Å². The van der Waals surface area contributed by atoms with Crippen LogP contribution in [0.4, 0.5) is 0 Å². The van der Waals surface area contributed by atoms with Crippen LogP contribution in [0.1, 0.15) is 92.9 Å². The van der Waals surface area contributed by atoms with Crippen molar-refractivity contribution in [1.29, 1.82) is 0 Å². The number of Topliss-reactive ketones (excluding diaryl/α,β-unsaturated/α-hetero) is 1. The average molecular weight is 543 g/mol. The molecule has 1 N–H and O–H groups in total. The molecule has 0 aromatic heterocycles. The summed E-state index contributed by atoms with van der Waals surface area (Å²) in [7, 11) is 0. The van der Waals surface area contributed by atoms with Crippen LogP contribution in [0.2, 0.25) is 0 Å². The Balaban J connectivity index is 1.15. The quantitative estimate of drug-likeness (QED) is 0.299. The van der Waals surface area contributed by atoms with E-state index in [2.05, 4.69) is 27.7 Å². The fourth-order valence-electron chi connectivity index (χ4n) is 10.8. The molecule has 4 aliphatic carbocycles. The third-order valence-electron chi connectivity index (χ3n) is 13.3. The molecule has 1 spiro atoms. The molecule has 13 atom stereocenters. The maximum atomic E-state index is 14.0. The number of aliphatic hydroxyl groups is 1. The largest absolute Gasteiger partial charge is 0.458 e. The second-order valence-corrected chi connectivity index (χ2v) is 14.5. The summed E-state index contributed by atoms with van der Waals surface area (Å²) in [4.78, 5) is 26.6. The number of rotatable bonds is 6. The number of esters is 1. The predicted octanol–water partition coefficient (Wildman–Crippen LogP) is 4.53. The maximum absolute atomic E-state index is 14.0. The van der Waals surface area contributed by atoms with Crippen LogP contribution in [0.25, 0.3) is 0 Å². The lowest BCUT2D eigenvalue weighted by Gasteiger charge is -2.60. The third-order valence-corrected chi connectivity index (χ3v) is 13.3. The third kappa shape index (κ3) is 3.09. The summed E-state index contributed by atoms with van der Waals surface area (Å²) < 4.78 is 25.1. The fraction of sp³-hybridized carbons (Fsp3) is 0.875. The number of carbonyl (C=O) groups excluding carboxylic acids is 2. The molecular weight excluding hydrogens is 496 g/mol.